The maximum atomic E-state index is 11.4. The zero-order valence-corrected chi connectivity index (χ0v) is 7.37. The summed E-state index contributed by atoms with van der Waals surface area (Å²) in [5, 5.41) is 0.292. The summed E-state index contributed by atoms with van der Waals surface area (Å²) in [6, 6.07) is 1.52. The molecule has 0 aliphatic rings. The molecule has 1 aromatic carbocycles. The van der Waals surface area contributed by atoms with Gasteiger partial charge >= 0.3 is 6.03 Å². The van der Waals surface area contributed by atoms with Gasteiger partial charge in [-0.15, -0.1) is 0 Å². The van der Waals surface area contributed by atoms with Crippen molar-refractivity contribution in [2.75, 3.05) is 12.4 Å². The molecule has 4 heteroatoms. The van der Waals surface area contributed by atoms with Crippen LogP contribution in [0.5, 0.6) is 0 Å². The van der Waals surface area contributed by atoms with Crippen LogP contribution in [0.3, 0.4) is 0 Å². The molecule has 13 heavy (non-hydrogen) atoms. The fraction of sp³-hybridized carbons (Fsp3) is 0.222. The number of carbonyl (C=O) groups excluding carboxylic acids is 1. The van der Waals surface area contributed by atoms with Crippen LogP contribution in [0.25, 0.3) is 0 Å². The third-order valence-electron chi connectivity index (χ3n) is 1.25. The number of anilines is 1. The number of benzene rings is 1. The predicted octanol–water partition coefficient (Wildman–Crippen LogP) is 1.68. The molecule has 0 saturated carbocycles. The smallest absolute Gasteiger partial charge is 0.306 e. The van der Waals surface area contributed by atoms with Crippen molar-refractivity contribution in [2.45, 2.75) is 6.92 Å². The van der Waals surface area contributed by atoms with E-state index in [9.17, 15) is 4.79 Å². The van der Waals surface area contributed by atoms with Crippen LogP contribution in [0.4, 0.5) is 10.5 Å². The number of hydrogen-bond donors (Lipinski definition) is 2. The summed E-state index contributed by atoms with van der Waals surface area (Å²) in [7, 11) is 1.11. The zero-order valence-electron chi connectivity index (χ0n) is 11.4. The summed E-state index contributed by atoms with van der Waals surface area (Å²) in [5.41, 5.74) is 0.611. The second-order valence-electron chi connectivity index (χ2n) is 2.34. The molecule has 4 nitrogen and oxygen atoms in total. The Labute approximate surface area is 82.6 Å². The SMILES string of the molecule is [2H]c1cc(C)cc([2H])c1N([2H])C(=O)N([2H])OC. The van der Waals surface area contributed by atoms with Gasteiger partial charge in [0.2, 0.25) is 1.41 Å². The van der Waals surface area contributed by atoms with Gasteiger partial charge in [0.25, 0.3) is 0 Å². The normalized spacial score (nSPS) is 13.7. The van der Waals surface area contributed by atoms with Crippen molar-refractivity contribution in [3.05, 3.63) is 29.8 Å². The highest BCUT2D eigenvalue weighted by Crippen LogP contribution is 2.07. The lowest BCUT2D eigenvalue weighted by molar-refractivity contribution is 0.114. The molecule has 1 rings (SSSR count). The maximum absolute atomic E-state index is 11.4. The van der Waals surface area contributed by atoms with E-state index in [1.165, 1.54) is 12.1 Å². The largest absolute Gasteiger partial charge is 0.343 e. The van der Waals surface area contributed by atoms with E-state index in [0.29, 0.717) is 10.9 Å². The van der Waals surface area contributed by atoms with Gasteiger partial charge in [-0.3, -0.25) is 4.84 Å². The molecular weight excluding hydrogens is 168 g/mol. The van der Waals surface area contributed by atoms with Crippen molar-refractivity contribution in [3.63, 3.8) is 0 Å². The van der Waals surface area contributed by atoms with Gasteiger partial charge in [-0.1, -0.05) is 17.7 Å². The Kier molecular flexibility index (Phi) is 1.80. The van der Waals surface area contributed by atoms with Crippen LogP contribution in [0.2, 0.25) is 2.82 Å². The Bertz CT molecular complexity index is 418. The number of amides is 2. The van der Waals surface area contributed by atoms with Crippen LogP contribution in [0.15, 0.2) is 24.2 Å². The van der Waals surface area contributed by atoms with Gasteiger partial charge in [-0.25, -0.2) is 10.3 Å². The molecule has 2 N–H and O–H groups in total. The standard InChI is InChI=1S/C9H12N2O2/c1-7-3-5-8(6-4-7)10-9(12)11-13-2/h3-6H,1-2H3,(H2,10,11,12)/i5D,6D/hD2. The molecule has 0 spiro atoms. The predicted molar refractivity (Wildman–Crippen MR) is 50.3 cm³/mol. The highest BCUT2D eigenvalue weighted by atomic mass is 16.6. The first-order valence-corrected chi connectivity index (χ1v) is 3.62. The van der Waals surface area contributed by atoms with E-state index in [1.54, 1.807) is 6.92 Å². The Hall–Kier alpha value is -1.55. The van der Waals surface area contributed by atoms with E-state index in [-0.39, 0.29) is 23.2 Å². The van der Waals surface area contributed by atoms with Crippen LogP contribution >= 0.6 is 0 Å². The Morgan fingerprint density at radius 2 is 2.23 bits per heavy atom. The van der Waals surface area contributed by atoms with Gasteiger partial charge in [0.1, 0.15) is 0 Å². The molecule has 0 aromatic heterocycles. The van der Waals surface area contributed by atoms with E-state index in [2.05, 4.69) is 4.84 Å². The van der Waals surface area contributed by atoms with Crippen molar-refractivity contribution in [1.29, 1.82) is 0 Å². The van der Waals surface area contributed by atoms with Gasteiger partial charge in [0.15, 0.2) is 1.41 Å². The van der Waals surface area contributed by atoms with Crippen molar-refractivity contribution >= 4 is 11.7 Å². The minimum absolute atomic E-state index is 0.103. The molecule has 0 heterocycles. The summed E-state index contributed by atoms with van der Waals surface area (Å²) >= 11 is 0. The molecule has 70 valence electrons. The molecule has 0 aliphatic carbocycles. The number of hydrogen-bond acceptors (Lipinski definition) is 2. The molecule has 0 bridgehead atoms. The molecule has 0 atom stereocenters. The van der Waals surface area contributed by atoms with Crippen LogP contribution in [-0.2, 0) is 4.84 Å². The molecule has 0 aliphatic heterocycles. The van der Waals surface area contributed by atoms with Gasteiger partial charge in [0.05, 0.1) is 9.85 Å². The Morgan fingerprint density at radius 3 is 2.77 bits per heavy atom. The van der Waals surface area contributed by atoms with Gasteiger partial charge < -0.3 is 5.31 Å². The van der Waals surface area contributed by atoms with Crippen LogP contribution < -0.4 is 10.8 Å². The fourth-order valence-corrected chi connectivity index (χ4v) is 0.706. The number of carbonyl (C=O) groups is 1. The van der Waals surface area contributed by atoms with E-state index >= 15 is 0 Å². The highest BCUT2D eigenvalue weighted by Gasteiger charge is 1.98. The zero-order chi connectivity index (χ0) is 13.2. The monoisotopic (exact) mass is 184 g/mol. The summed E-state index contributed by atoms with van der Waals surface area (Å²) in [6.45, 7) is 1.71. The second-order valence-corrected chi connectivity index (χ2v) is 2.34. The van der Waals surface area contributed by atoms with Crippen molar-refractivity contribution in [1.82, 2.24) is 5.47 Å². The van der Waals surface area contributed by atoms with Crippen molar-refractivity contribution < 1.29 is 15.2 Å². The lowest BCUT2D eigenvalue weighted by atomic mass is 10.2. The third-order valence-corrected chi connectivity index (χ3v) is 1.25. The van der Waals surface area contributed by atoms with Gasteiger partial charge in [0, 0.05) is 5.69 Å². The average molecular weight is 184 g/mol. The lowest BCUT2D eigenvalue weighted by Crippen LogP contribution is -2.27. The first kappa shape index (κ1) is 5.24. The quantitative estimate of drug-likeness (QED) is 0.687. The minimum atomic E-state index is -1.10. The lowest BCUT2D eigenvalue weighted by Gasteiger charge is -2.04. The van der Waals surface area contributed by atoms with Crippen molar-refractivity contribution in [2.24, 2.45) is 0 Å². The summed E-state index contributed by atoms with van der Waals surface area (Å²) in [5.74, 6) is 0. The fourth-order valence-electron chi connectivity index (χ4n) is 0.706. The number of hydroxylamine groups is 1. The summed E-state index contributed by atoms with van der Waals surface area (Å²) in [4.78, 5) is 15.8. The van der Waals surface area contributed by atoms with Crippen LogP contribution in [0, 0.1) is 6.92 Å². The molecular formula is C9H12N2O2. The van der Waals surface area contributed by atoms with E-state index in [1.807, 2.05) is 0 Å². The van der Waals surface area contributed by atoms with Gasteiger partial charge in [-0.05, 0) is 19.0 Å². The topological polar surface area (TPSA) is 50.4 Å². The Balaban J connectivity index is 3.12. The average Bonchev–Trinajstić information content (AvgIpc) is 2.25. The molecule has 2 amide bonds. The number of rotatable bonds is 2. The van der Waals surface area contributed by atoms with Crippen LogP contribution in [0.1, 0.15) is 8.30 Å². The third kappa shape index (κ3) is 3.13. The molecule has 0 fully saturated rings. The Morgan fingerprint density at radius 1 is 1.62 bits per heavy atom. The van der Waals surface area contributed by atoms with Crippen LogP contribution in [-0.4, -0.2) is 13.1 Å². The number of urea groups is 1. The second kappa shape index (κ2) is 4.47. The van der Waals surface area contributed by atoms with E-state index in [0.717, 1.165) is 7.11 Å². The first-order chi connectivity index (χ1) is 7.88. The molecule has 0 saturated heterocycles. The van der Waals surface area contributed by atoms with Gasteiger partial charge in [-0.2, -0.15) is 0 Å². The summed E-state index contributed by atoms with van der Waals surface area (Å²) < 4.78 is 29.8. The number of nitrogens with one attached hydrogen (secondary N) is 2. The minimum Gasteiger partial charge on any atom is -0.306 e. The molecule has 0 radical (unpaired) electrons. The first-order valence-electron chi connectivity index (χ1n) is 5.51. The molecule has 1 aromatic rings. The highest BCUT2D eigenvalue weighted by molar-refractivity contribution is 5.88. The van der Waals surface area contributed by atoms with E-state index < -0.39 is 6.03 Å². The summed E-state index contributed by atoms with van der Waals surface area (Å²) in [6.07, 6.45) is 0. The number of aryl methyl sites for hydroxylation is 1. The van der Waals surface area contributed by atoms with E-state index in [4.69, 9.17) is 5.57 Å². The maximum Gasteiger partial charge on any atom is 0.343 e. The molecule has 0 unspecified atom stereocenters. The van der Waals surface area contributed by atoms with Crippen molar-refractivity contribution in [3.8, 4) is 0 Å².